The van der Waals surface area contributed by atoms with Crippen molar-refractivity contribution in [2.45, 2.75) is 44.7 Å². The van der Waals surface area contributed by atoms with Crippen molar-refractivity contribution in [3.8, 4) is 0 Å². The molecule has 3 rings (SSSR count). The third kappa shape index (κ3) is 7.55. The summed E-state index contributed by atoms with van der Waals surface area (Å²) in [7, 11) is -3.23. The van der Waals surface area contributed by atoms with Crippen LogP contribution in [0.5, 0.6) is 0 Å². The number of carbonyl (C=O) groups is 1. The molecule has 0 atom stereocenters. The van der Waals surface area contributed by atoms with Crippen LogP contribution < -0.4 is 5.32 Å². The average Bonchev–Trinajstić information content (AvgIpc) is 2.81. The highest BCUT2D eigenvalue weighted by molar-refractivity contribution is 7.91. The molecule has 0 aliphatic heterocycles. The zero-order valence-corrected chi connectivity index (χ0v) is 20.1. The predicted molar refractivity (Wildman–Crippen MR) is 134 cm³/mol. The summed E-state index contributed by atoms with van der Waals surface area (Å²) in [5.74, 6) is -0.0730. The molecule has 0 aromatic heterocycles. The second kappa shape index (κ2) is 11.8. The highest BCUT2D eigenvalue weighted by Gasteiger charge is 2.12. The van der Waals surface area contributed by atoms with Gasteiger partial charge in [0.25, 0.3) is 0 Å². The van der Waals surface area contributed by atoms with Crippen LogP contribution in [-0.4, -0.2) is 31.5 Å². The molecule has 33 heavy (non-hydrogen) atoms. The van der Waals surface area contributed by atoms with E-state index in [-0.39, 0.29) is 23.0 Å². The maximum atomic E-state index is 12.4. The number of benzene rings is 3. The number of carbonyl (C=O) groups excluding carboxylic acids is 1. The van der Waals surface area contributed by atoms with E-state index in [1.807, 2.05) is 30.3 Å². The topological polar surface area (TPSA) is 66.5 Å². The smallest absolute Gasteiger partial charge is 0.228 e. The van der Waals surface area contributed by atoms with Crippen molar-refractivity contribution in [2.24, 2.45) is 0 Å². The average molecular weight is 465 g/mol. The van der Waals surface area contributed by atoms with Crippen LogP contribution in [0, 0.1) is 0 Å². The first-order chi connectivity index (χ1) is 15.9. The van der Waals surface area contributed by atoms with E-state index in [1.165, 1.54) is 11.1 Å². The van der Waals surface area contributed by atoms with Crippen LogP contribution in [0.3, 0.4) is 0 Å². The zero-order chi connectivity index (χ0) is 23.7. The molecule has 1 amide bonds. The van der Waals surface area contributed by atoms with Gasteiger partial charge in [-0.15, -0.1) is 0 Å². The number of hydrogen-bond acceptors (Lipinski definition) is 4. The predicted octanol–water partition coefficient (Wildman–Crippen LogP) is 5.07. The van der Waals surface area contributed by atoms with Gasteiger partial charge in [0, 0.05) is 18.8 Å². The fourth-order valence-corrected chi connectivity index (χ4v) is 4.58. The third-order valence-electron chi connectivity index (χ3n) is 5.46. The largest absolute Gasteiger partial charge is 0.326 e. The summed E-state index contributed by atoms with van der Waals surface area (Å²) in [4.78, 5) is 15.1. The molecule has 6 heteroatoms. The SMILES string of the molecule is CCCN(Cc1ccccc1)Cc1ccc(NC(=O)Cc2ccc(S(=O)(=O)CC)cc2)cc1. The van der Waals surface area contributed by atoms with Crippen molar-refractivity contribution in [3.63, 3.8) is 0 Å². The Labute approximate surface area is 197 Å². The van der Waals surface area contributed by atoms with Crippen molar-refractivity contribution in [3.05, 3.63) is 95.6 Å². The van der Waals surface area contributed by atoms with Gasteiger partial charge in [-0.25, -0.2) is 8.42 Å². The Balaban J connectivity index is 1.55. The summed E-state index contributed by atoms with van der Waals surface area (Å²) in [5.41, 5.74) is 4.02. The zero-order valence-electron chi connectivity index (χ0n) is 19.3. The molecule has 3 aromatic carbocycles. The van der Waals surface area contributed by atoms with Crippen molar-refractivity contribution >= 4 is 21.4 Å². The summed E-state index contributed by atoms with van der Waals surface area (Å²) in [6, 6.07) is 24.9. The molecule has 0 aliphatic carbocycles. The van der Waals surface area contributed by atoms with Crippen LogP contribution in [0.2, 0.25) is 0 Å². The summed E-state index contributed by atoms with van der Waals surface area (Å²) in [5, 5.41) is 2.92. The maximum absolute atomic E-state index is 12.4. The number of anilines is 1. The first kappa shape index (κ1) is 24.7. The van der Waals surface area contributed by atoms with E-state index in [4.69, 9.17) is 0 Å². The molecule has 0 fully saturated rings. The highest BCUT2D eigenvalue weighted by atomic mass is 32.2. The Morgan fingerprint density at radius 2 is 1.36 bits per heavy atom. The standard InChI is InChI=1S/C27H32N2O3S/c1-3-18-29(20-23-8-6-5-7-9-23)21-24-10-14-25(15-11-24)28-27(30)19-22-12-16-26(17-13-22)33(31,32)4-2/h5-17H,3-4,18-21H2,1-2H3,(H,28,30). The van der Waals surface area contributed by atoms with E-state index in [1.54, 1.807) is 31.2 Å². The Morgan fingerprint density at radius 1 is 0.788 bits per heavy atom. The first-order valence-electron chi connectivity index (χ1n) is 11.4. The number of hydrogen-bond donors (Lipinski definition) is 1. The van der Waals surface area contributed by atoms with Crippen LogP contribution in [0.15, 0.2) is 83.8 Å². The first-order valence-corrected chi connectivity index (χ1v) is 13.0. The Bertz CT molecular complexity index is 1130. The van der Waals surface area contributed by atoms with Gasteiger partial charge < -0.3 is 5.32 Å². The highest BCUT2D eigenvalue weighted by Crippen LogP contribution is 2.16. The van der Waals surface area contributed by atoms with Crippen LogP contribution >= 0.6 is 0 Å². The molecule has 5 nitrogen and oxygen atoms in total. The number of amides is 1. The van der Waals surface area contributed by atoms with Gasteiger partial charge in [0.1, 0.15) is 0 Å². The molecular formula is C27H32N2O3S. The Morgan fingerprint density at radius 3 is 1.94 bits per heavy atom. The Hall–Kier alpha value is -2.96. The van der Waals surface area contributed by atoms with Gasteiger partial charge in [-0.1, -0.05) is 68.4 Å². The summed E-state index contributed by atoms with van der Waals surface area (Å²) >= 11 is 0. The van der Waals surface area contributed by atoms with Crippen molar-refractivity contribution in [1.82, 2.24) is 4.90 Å². The minimum absolute atomic E-state index is 0.0608. The molecule has 0 heterocycles. The molecule has 0 spiro atoms. The van der Waals surface area contributed by atoms with Gasteiger partial charge in [0.2, 0.25) is 5.91 Å². The molecule has 3 aromatic rings. The lowest BCUT2D eigenvalue weighted by molar-refractivity contribution is -0.115. The van der Waals surface area contributed by atoms with Gasteiger partial charge in [0.05, 0.1) is 17.1 Å². The molecule has 174 valence electrons. The van der Waals surface area contributed by atoms with Crippen LogP contribution in [0.25, 0.3) is 0 Å². The monoisotopic (exact) mass is 464 g/mol. The maximum Gasteiger partial charge on any atom is 0.228 e. The van der Waals surface area contributed by atoms with E-state index in [0.29, 0.717) is 0 Å². The second-order valence-electron chi connectivity index (χ2n) is 8.17. The Kier molecular flexibility index (Phi) is 8.80. The molecule has 1 N–H and O–H groups in total. The lowest BCUT2D eigenvalue weighted by atomic mass is 10.1. The normalized spacial score (nSPS) is 11.5. The molecule has 0 aliphatic rings. The minimum atomic E-state index is -3.23. The van der Waals surface area contributed by atoms with Crippen LogP contribution in [0.1, 0.15) is 37.0 Å². The van der Waals surface area contributed by atoms with Gasteiger partial charge >= 0.3 is 0 Å². The van der Waals surface area contributed by atoms with Crippen LogP contribution in [0.4, 0.5) is 5.69 Å². The number of rotatable bonds is 11. The number of nitrogens with one attached hydrogen (secondary N) is 1. The number of nitrogens with zero attached hydrogens (tertiary/aromatic N) is 1. The van der Waals surface area contributed by atoms with Gasteiger partial charge in [-0.3, -0.25) is 9.69 Å². The minimum Gasteiger partial charge on any atom is -0.326 e. The molecule has 0 unspecified atom stereocenters. The summed E-state index contributed by atoms with van der Waals surface area (Å²) in [6.45, 7) is 6.58. The lowest BCUT2D eigenvalue weighted by Gasteiger charge is -2.22. The number of sulfone groups is 1. The van der Waals surface area contributed by atoms with Crippen molar-refractivity contribution in [1.29, 1.82) is 0 Å². The third-order valence-corrected chi connectivity index (χ3v) is 7.21. The molecule has 0 bridgehead atoms. The van der Waals surface area contributed by atoms with E-state index in [9.17, 15) is 13.2 Å². The molecule has 0 saturated heterocycles. The quantitative estimate of drug-likeness (QED) is 0.430. The fraction of sp³-hybridized carbons (Fsp3) is 0.296. The van der Waals surface area contributed by atoms with Gasteiger partial charge in [-0.2, -0.15) is 0 Å². The van der Waals surface area contributed by atoms with Crippen molar-refractivity contribution in [2.75, 3.05) is 17.6 Å². The molecule has 0 radical (unpaired) electrons. The fourth-order valence-electron chi connectivity index (χ4n) is 3.70. The molecular weight excluding hydrogens is 432 g/mol. The van der Waals surface area contributed by atoms with Gasteiger partial charge in [-0.05, 0) is 53.9 Å². The second-order valence-corrected chi connectivity index (χ2v) is 10.4. The summed E-state index contributed by atoms with van der Waals surface area (Å²) < 4.78 is 23.8. The van der Waals surface area contributed by atoms with E-state index < -0.39 is 9.84 Å². The van der Waals surface area contributed by atoms with E-state index in [0.717, 1.165) is 37.3 Å². The van der Waals surface area contributed by atoms with Crippen LogP contribution in [-0.2, 0) is 34.1 Å². The van der Waals surface area contributed by atoms with Crippen molar-refractivity contribution < 1.29 is 13.2 Å². The lowest BCUT2D eigenvalue weighted by Crippen LogP contribution is -2.23. The molecule has 0 saturated carbocycles. The van der Waals surface area contributed by atoms with E-state index >= 15 is 0 Å². The summed E-state index contributed by atoms with van der Waals surface area (Å²) in [6.07, 6.45) is 1.28. The van der Waals surface area contributed by atoms with E-state index in [2.05, 4.69) is 41.4 Å². The van der Waals surface area contributed by atoms with Gasteiger partial charge in [0.15, 0.2) is 9.84 Å².